The molecule has 0 saturated heterocycles. The lowest BCUT2D eigenvalue weighted by atomic mass is 9.81. The van der Waals surface area contributed by atoms with Crippen LogP contribution in [0.25, 0.3) is 0 Å². The third-order valence-electron chi connectivity index (χ3n) is 2.15. The molecule has 0 heterocycles. The molecule has 0 rings (SSSR count). The summed E-state index contributed by atoms with van der Waals surface area (Å²) in [4.78, 5) is 11.3. The van der Waals surface area contributed by atoms with Gasteiger partial charge in [0.25, 0.3) is 0 Å². The van der Waals surface area contributed by atoms with E-state index < -0.39 is 29.5 Å². The van der Waals surface area contributed by atoms with Gasteiger partial charge in [-0.15, -0.1) is 0 Å². The first-order valence-corrected chi connectivity index (χ1v) is 4.89. The first kappa shape index (κ1) is 15.2. The van der Waals surface area contributed by atoms with Crippen LogP contribution in [0, 0.1) is 11.3 Å². The minimum Gasteiger partial charge on any atom is -0.469 e. The lowest BCUT2D eigenvalue weighted by Crippen LogP contribution is -2.48. The van der Waals surface area contributed by atoms with Crippen molar-refractivity contribution in [3.8, 4) is 0 Å². The standard InChI is InChI=1S/C10H18F3NO2/c1-9(2,3)5-6(8(15)16-4)7(14)10(11,12)13/h6-7H,5,14H2,1-4H3/t6-,7-/m0/s1. The van der Waals surface area contributed by atoms with Gasteiger partial charge in [-0.2, -0.15) is 13.2 Å². The van der Waals surface area contributed by atoms with E-state index in [1.165, 1.54) is 0 Å². The highest BCUT2D eigenvalue weighted by Crippen LogP contribution is 2.32. The van der Waals surface area contributed by atoms with Gasteiger partial charge >= 0.3 is 12.1 Å². The molecule has 0 amide bonds. The second-order valence-electron chi connectivity index (χ2n) is 4.96. The Morgan fingerprint density at radius 2 is 1.75 bits per heavy atom. The zero-order chi connectivity index (χ0) is 13.1. The van der Waals surface area contributed by atoms with E-state index in [4.69, 9.17) is 5.73 Å². The number of nitrogens with two attached hydrogens (primary N) is 1. The van der Waals surface area contributed by atoms with Crippen LogP contribution in [0.3, 0.4) is 0 Å². The molecule has 0 radical (unpaired) electrons. The van der Waals surface area contributed by atoms with Gasteiger partial charge in [0, 0.05) is 0 Å². The van der Waals surface area contributed by atoms with Crippen LogP contribution >= 0.6 is 0 Å². The molecular weight excluding hydrogens is 223 g/mol. The predicted molar refractivity (Wildman–Crippen MR) is 53.6 cm³/mol. The Kier molecular flexibility index (Phi) is 4.79. The second kappa shape index (κ2) is 5.03. The summed E-state index contributed by atoms with van der Waals surface area (Å²) in [5.41, 5.74) is 4.62. The van der Waals surface area contributed by atoms with Crippen molar-refractivity contribution in [3.05, 3.63) is 0 Å². The number of alkyl halides is 3. The Labute approximate surface area is 93.1 Å². The Morgan fingerprint density at radius 1 is 1.31 bits per heavy atom. The lowest BCUT2D eigenvalue weighted by Gasteiger charge is -2.29. The van der Waals surface area contributed by atoms with Gasteiger partial charge in [-0.3, -0.25) is 4.79 Å². The molecule has 0 fully saturated rings. The summed E-state index contributed by atoms with van der Waals surface area (Å²) < 4.78 is 41.7. The van der Waals surface area contributed by atoms with Crippen LogP contribution < -0.4 is 5.73 Å². The van der Waals surface area contributed by atoms with E-state index in [-0.39, 0.29) is 6.42 Å². The van der Waals surface area contributed by atoms with E-state index in [1.54, 1.807) is 20.8 Å². The second-order valence-corrected chi connectivity index (χ2v) is 4.96. The molecule has 96 valence electrons. The van der Waals surface area contributed by atoms with Gasteiger partial charge in [-0.1, -0.05) is 20.8 Å². The number of carbonyl (C=O) groups is 1. The molecule has 0 aromatic heterocycles. The Hall–Kier alpha value is -0.780. The Bertz CT molecular complexity index is 245. The van der Waals surface area contributed by atoms with Crippen molar-refractivity contribution in [1.29, 1.82) is 0 Å². The highest BCUT2D eigenvalue weighted by Gasteiger charge is 2.46. The zero-order valence-electron chi connectivity index (χ0n) is 9.89. The maximum Gasteiger partial charge on any atom is 0.404 e. The van der Waals surface area contributed by atoms with Gasteiger partial charge < -0.3 is 10.5 Å². The molecule has 0 aromatic carbocycles. The lowest BCUT2D eigenvalue weighted by molar-refractivity contribution is -0.176. The summed E-state index contributed by atoms with van der Waals surface area (Å²) in [6.07, 6.45) is -4.57. The van der Waals surface area contributed by atoms with Crippen molar-refractivity contribution < 1.29 is 22.7 Å². The SMILES string of the molecule is COC(=O)[C@@H](CC(C)(C)C)[C@H](N)C(F)(F)F. The van der Waals surface area contributed by atoms with Crippen LogP contribution in [-0.2, 0) is 9.53 Å². The summed E-state index contributed by atoms with van der Waals surface area (Å²) >= 11 is 0. The highest BCUT2D eigenvalue weighted by atomic mass is 19.4. The molecule has 16 heavy (non-hydrogen) atoms. The molecule has 0 bridgehead atoms. The Morgan fingerprint density at radius 3 is 2.00 bits per heavy atom. The van der Waals surface area contributed by atoms with E-state index in [2.05, 4.69) is 4.74 Å². The molecule has 0 unspecified atom stereocenters. The van der Waals surface area contributed by atoms with Crippen molar-refractivity contribution in [1.82, 2.24) is 0 Å². The molecule has 2 N–H and O–H groups in total. The smallest absolute Gasteiger partial charge is 0.404 e. The highest BCUT2D eigenvalue weighted by molar-refractivity contribution is 5.73. The summed E-state index contributed by atoms with van der Waals surface area (Å²) in [7, 11) is 1.06. The zero-order valence-corrected chi connectivity index (χ0v) is 9.89. The molecule has 0 spiro atoms. The van der Waals surface area contributed by atoms with E-state index in [0.717, 1.165) is 7.11 Å². The normalized spacial score (nSPS) is 16.8. The van der Waals surface area contributed by atoms with Crippen molar-refractivity contribution in [2.24, 2.45) is 17.1 Å². The average molecular weight is 241 g/mol. The summed E-state index contributed by atoms with van der Waals surface area (Å²) in [6, 6.07) is -2.18. The fourth-order valence-electron chi connectivity index (χ4n) is 1.40. The van der Waals surface area contributed by atoms with Gasteiger partial charge in [-0.25, -0.2) is 0 Å². The third-order valence-corrected chi connectivity index (χ3v) is 2.15. The van der Waals surface area contributed by atoms with E-state index in [1.807, 2.05) is 0 Å². The number of ether oxygens (including phenoxy) is 1. The van der Waals surface area contributed by atoms with Gasteiger partial charge in [0.1, 0.15) is 6.04 Å². The molecule has 2 atom stereocenters. The van der Waals surface area contributed by atoms with E-state index in [9.17, 15) is 18.0 Å². The van der Waals surface area contributed by atoms with Crippen molar-refractivity contribution in [2.75, 3.05) is 7.11 Å². The van der Waals surface area contributed by atoms with Gasteiger partial charge in [-0.05, 0) is 11.8 Å². The molecule has 0 aliphatic rings. The van der Waals surface area contributed by atoms with Crippen LogP contribution in [0.1, 0.15) is 27.2 Å². The van der Waals surface area contributed by atoms with Crippen LogP contribution in [0.4, 0.5) is 13.2 Å². The summed E-state index contributed by atoms with van der Waals surface area (Å²) in [6.45, 7) is 5.23. The number of rotatable bonds is 3. The fraction of sp³-hybridized carbons (Fsp3) is 0.900. The van der Waals surface area contributed by atoms with Gasteiger partial charge in [0.15, 0.2) is 0 Å². The van der Waals surface area contributed by atoms with Crippen LogP contribution in [0.5, 0.6) is 0 Å². The largest absolute Gasteiger partial charge is 0.469 e. The van der Waals surface area contributed by atoms with Crippen LogP contribution in [-0.4, -0.2) is 25.3 Å². The fourth-order valence-corrected chi connectivity index (χ4v) is 1.40. The van der Waals surface area contributed by atoms with E-state index in [0.29, 0.717) is 0 Å². The van der Waals surface area contributed by atoms with Crippen molar-refractivity contribution in [3.63, 3.8) is 0 Å². The maximum atomic E-state index is 12.4. The average Bonchev–Trinajstić information content (AvgIpc) is 2.09. The van der Waals surface area contributed by atoms with Gasteiger partial charge in [0.2, 0.25) is 0 Å². The topological polar surface area (TPSA) is 52.3 Å². The number of methoxy groups -OCH3 is 1. The monoisotopic (exact) mass is 241 g/mol. The van der Waals surface area contributed by atoms with E-state index >= 15 is 0 Å². The quantitative estimate of drug-likeness (QED) is 0.770. The molecule has 6 heteroatoms. The number of halogens is 3. The number of hydrogen-bond acceptors (Lipinski definition) is 3. The number of hydrogen-bond donors (Lipinski definition) is 1. The van der Waals surface area contributed by atoms with Crippen molar-refractivity contribution in [2.45, 2.75) is 39.4 Å². The van der Waals surface area contributed by atoms with Crippen LogP contribution in [0.2, 0.25) is 0 Å². The minimum atomic E-state index is -4.59. The first-order chi connectivity index (χ1) is 6.99. The third kappa shape index (κ3) is 4.83. The molecule has 0 aliphatic carbocycles. The maximum absolute atomic E-state index is 12.4. The predicted octanol–water partition coefficient (Wildman–Crippen LogP) is 2.10. The van der Waals surface area contributed by atoms with Crippen molar-refractivity contribution >= 4 is 5.97 Å². The minimum absolute atomic E-state index is 0.0281. The number of esters is 1. The molecule has 0 saturated carbocycles. The Balaban J connectivity index is 4.89. The first-order valence-electron chi connectivity index (χ1n) is 4.89. The molecule has 0 aliphatic heterocycles. The number of carbonyl (C=O) groups excluding carboxylic acids is 1. The molecule has 0 aromatic rings. The van der Waals surface area contributed by atoms with Gasteiger partial charge in [0.05, 0.1) is 13.0 Å². The van der Waals surface area contributed by atoms with Crippen LogP contribution in [0.15, 0.2) is 0 Å². The molecular formula is C10H18F3NO2. The summed E-state index contributed by atoms with van der Waals surface area (Å²) in [5.74, 6) is -2.27. The molecule has 3 nitrogen and oxygen atoms in total. The summed E-state index contributed by atoms with van der Waals surface area (Å²) in [5, 5.41) is 0.